The minimum absolute atomic E-state index is 0.0356. The average Bonchev–Trinajstić information content (AvgIpc) is 2.92. The Kier molecular flexibility index (Phi) is 8.98. The van der Waals surface area contributed by atoms with Crippen LogP contribution in [0, 0.1) is 0 Å². The molecule has 0 saturated carbocycles. The Morgan fingerprint density at radius 1 is 0.892 bits per heavy atom. The number of hydrogen-bond acceptors (Lipinski definition) is 6. The lowest BCUT2D eigenvalue weighted by atomic mass is 10.1. The molecule has 0 spiro atoms. The number of amides is 1. The topological polar surface area (TPSA) is 85.4 Å². The second-order valence-corrected chi connectivity index (χ2v) is 9.47. The fourth-order valence-corrected chi connectivity index (χ4v) is 4.22. The van der Waals surface area contributed by atoms with E-state index in [1.807, 2.05) is 72.8 Å². The number of ether oxygens (including phenoxy) is 2. The van der Waals surface area contributed by atoms with Crippen LogP contribution in [0.2, 0.25) is 5.02 Å². The molecule has 0 fully saturated rings. The first kappa shape index (κ1) is 26.4. The van der Waals surface area contributed by atoms with Gasteiger partial charge in [-0.2, -0.15) is 0 Å². The molecule has 190 valence electrons. The summed E-state index contributed by atoms with van der Waals surface area (Å²) in [7, 11) is 3.20. The Balaban J connectivity index is 1.43. The fraction of sp³-hybridized carbons (Fsp3) is 0.179. The van der Waals surface area contributed by atoms with Crippen LogP contribution in [0.4, 0.5) is 5.95 Å². The number of carbonyl (C=O) groups excluding carboxylic acids is 1. The van der Waals surface area contributed by atoms with E-state index in [1.165, 1.54) is 0 Å². The third-order valence-electron chi connectivity index (χ3n) is 5.58. The summed E-state index contributed by atoms with van der Waals surface area (Å²) >= 11 is 9.58. The first-order chi connectivity index (χ1) is 17.9. The van der Waals surface area contributed by atoms with Crippen LogP contribution < -0.4 is 20.1 Å². The summed E-state index contributed by atoms with van der Waals surface area (Å²) in [4.78, 5) is 21.8. The molecule has 1 aromatic heterocycles. The van der Waals surface area contributed by atoms with E-state index in [2.05, 4.69) is 36.5 Å². The summed E-state index contributed by atoms with van der Waals surface area (Å²) in [5.74, 6) is 1.52. The van der Waals surface area contributed by atoms with Crippen molar-refractivity contribution >= 4 is 39.4 Å². The standard InChI is InChI=1S/C28H26BrClN4O3/c1-36-25-11-6-18(14-26(25)37-2)12-13-31-27(35)17-32-28-33-23(19-7-9-22(30)10-8-19)16-24(34-28)20-4-3-5-21(29)15-20/h3-11,14-16H,12-13,17H2,1-2H3,(H,31,35)(H,32,33,34). The number of nitrogens with zero attached hydrogens (tertiary/aromatic N) is 2. The van der Waals surface area contributed by atoms with E-state index < -0.39 is 0 Å². The lowest BCUT2D eigenvalue weighted by Gasteiger charge is -2.12. The van der Waals surface area contributed by atoms with Crippen LogP contribution in [-0.2, 0) is 11.2 Å². The fourth-order valence-electron chi connectivity index (χ4n) is 3.69. The number of rotatable bonds is 10. The molecule has 0 radical (unpaired) electrons. The van der Waals surface area contributed by atoms with Crippen molar-refractivity contribution in [3.05, 3.63) is 87.9 Å². The molecule has 0 aliphatic carbocycles. The van der Waals surface area contributed by atoms with E-state index >= 15 is 0 Å². The second-order valence-electron chi connectivity index (χ2n) is 8.12. The minimum atomic E-state index is -0.162. The van der Waals surface area contributed by atoms with E-state index in [9.17, 15) is 4.79 Å². The van der Waals surface area contributed by atoms with Crippen LogP contribution in [0.3, 0.4) is 0 Å². The zero-order valence-corrected chi connectivity index (χ0v) is 22.8. The van der Waals surface area contributed by atoms with Gasteiger partial charge in [-0.1, -0.05) is 57.9 Å². The Morgan fingerprint density at radius 3 is 2.32 bits per heavy atom. The number of hydrogen-bond donors (Lipinski definition) is 2. The molecule has 3 aromatic carbocycles. The van der Waals surface area contributed by atoms with Crippen LogP contribution >= 0.6 is 27.5 Å². The van der Waals surface area contributed by atoms with Crippen molar-refractivity contribution in [3.63, 3.8) is 0 Å². The van der Waals surface area contributed by atoms with Gasteiger partial charge < -0.3 is 20.1 Å². The van der Waals surface area contributed by atoms with Gasteiger partial charge >= 0.3 is 0 Å². The summed E-state index contributed by atoms with van der Waals surface area (Å²) in [5, 5.41) is 6.63. The van der Waals surface area contributed by atoms with Gasteiger partial charge in [-0.3, -0.25) is 4.79 Å². The first-order valence-electron chi connectivity index (χ1n) is 11.6. The van der Waals surface area contributed by atoms with Crippen LogP contribution in [0.15, 0.2) is 77.3 Å². The van der Waals surface area contributed by atoms with Gasteiger partial charge in [0.05, 0.1) is 32.2 Å². The monoisotopic (exact) mass is 580 g/mol. The van der Waals surface area contributed by atoms with Gasteiger partial charge in [0.2, 0.25) is 11.9 Å². The molecule has 0 unspecified atom stereocenters. The highest BCUT2D eigenvalue weighted by Gasteiger charge is 2.11. The lowest BCUT2D eigenvalue weighted by molar-refractivity contribution is -0.119. The van der Waals surface area contributed by atoms with Gasteiger partial charge in [0, 0.05) is 27.2 Å². The second kappa shape index (κ2) is 12.6. The largest absolute Gasteiger partial charge is 0.493 e. The molecule has 0 bridgehead atoms. The lowest BCUT2D eigenvalue weighted by Crippen LogP contribution is -2.31. The number of halogens is 2. The molecule has 7 nitrogen and oxygen atoms in total. The summed E-state index contributed by atoms with van der Waals surface area (Å²) in [6.07, 6.45) is 0.654. The Hall–Kier alpha value is -3.62. The molecule has 37 heavy (non-hydrogen) atoms. The van der Waals surface area contributed by atoms with E-state index in [0.29, 0.717) is 35.4 Å². The van der Waals surface area contributed by atoms with Crippen LogP contribution in [0.25, 0.3) is 22.5 Å². The molecule has 9 heteroatoms. The predicted octanol–water partition coefficient (Wildman–Crippen LogP) is 6.01. The van der Waals surface area contributed by atoms with Gasteiger partial charge in [-0.25, -0.2) is 9.97 Å². The molecule has 2 N–H and O–H groups in total. The normalized spacial score (nSPS) is 10.6. The highest BCUT2D eigenvalue weighted by Crippen LogP contribution is 2.28. The molecule has 4 rings (SSSR count). The summed E-state index contributed by atoms with van der Waals surface area (Å²) in [6, 6.07) is 22.9. The smallest absolute Gasteiger partial charge is 0.239 e. The third-order valence-corrected chi connectivity index (χ3v) is 6.32. The predicted molar refractivity (Wildman–Crippen MR) is 150 cm³/mol. The minimum Gasteiger partial charge on any atom is -0.493 e. The van der Waals surface area contributed by atoms with Gasteiger partial charge in [-0.15, -0.1) is 0 Å². The molecule has 0 saturated heterocycles. The molecule has 0 aliphatic heterocycles. The average molecular weight is 582 g/mol. The van der Waals surface area contributed by atoms with Crippen LogP contribution in [-0.4, -0.2) is 43.2 Å². The quantitative estimate of drug-likeness (QED) is 0.238. The molecule has 4 aromatic rings. The molecule has 1 amide bonds. The van der Waals surface area contributed by atoms with Crippen molar-refractivity contribution < 1.29 is 14.3 Å². The molecular formula is C28H26BrClN4O3. The number of anilines is 1. The van der Waals surface area contributed by atoms with E-state index in [-0.39, 0.29) is 12.5 Å². The highest BCUT2D eigenvalue weighted by atomic mass is 79.9. The van der Waals surface area contributed by atoms with Gasteiger partial charge in [0.1, 0.15) is 0 Å². The maximum absolute atomic E-state index is 12.5. The van der Waals surface area contributed by atoms with Crippen molar-refractivity contribution in [2.75, 3.05) is 32.6 Å². The molecule has 0 aliphatic rings. The molecule has 1 heterocycles. The number of aromatic nitrogens is 2. The van der Waals surface area contributed by atoms with Gasteiger partial charge in [0.15, 0.2) is 11.5 Å². The Bertz CT molecular complexity index is 1380. The Morgan fingerprint density at radius 2 is 1.62 bits per heavy atom. The number of carbonyl (C=O) groups is 1. The van der Waals surface area contributed by atoms with Crippen molar-refractivity contribution in [1.29, 1.82) is 0 Å². The van der Waals surface area contributed by atoms with Crippen molar-refractivity contribution in [2.24, 2.45) is 0 Å². The van der Waals surface area contributed by atoms with Gasteiger partial charge in [-0.05, 0) is 54.4 Å². The van der Waals surface area contributed by atoms with Crippen LogP contribution in [0.5, 0.6) is 11.5 Å². The number of methoxy groups -OCH3 is 2. The van der Waals surface area contributed by atoms with E-state index in [0.717, 1.165) is 32.6 Å². The maximum Gasteiger partial charge on any atom is 0.239 e. The SMILES string of the molecule is COc1ccc(CCNC(=O)CNc2nc(-c3ccc(Cl)cc3)cc(-c3cccc(Br)c3)n2)cc1OC. The molecular weight excluding hydrogens is 556 g/mol. The van der Waals surface area contributed by atoms with E-state index in [4.69, 9.17) is 21.1 Å². The third kappa shape index (κ3) is 7.21. The first-order valence-corrected chi connectivity index (χ1v) is 12.7. The summed E-state index contributed by atoms with van der Waals surface area (Å²) in [6.45, 7) is 0.513. The Labute approximate surface area is 229 Å². The van der Waals surface area contributed by atoms with Crippen molar-refractivity contribution in [3.8, 4) is 34.0 Å². The summed E-state index contributed by atoms with van der Waals surface area (Å²) < 4.78 is 11.6. The van der Waals surface area contributed by atoms with Gasteiger partial charge in [0.25, 0.3) is 0 Å². The zero-order valence-electron chi connectivity index (χ0n) is 20.4. The zero-order chi connectivity index (χ0) is 26.2. The van der Waals surface area contributed by atoms with E-state index in [1.54, 1.807) is 14.2 Å². The number of nitrogens with one attached hydrogen (secondary N) is 2. The van der Waals surface area contributed by atoms with Crippen LogP contribution in [0.1, 0.15) is 5.56 Å². The summed E-state index contributed by atoms with van der Waals surface area (Å²) in [5.41, 5.74) is 4.30. The number of benzene rings is 3. The maximum atomic E-state index is 12.5. The highest BCUT2D eigenvalue weighted by molar-refractivity contribution is 9.10. The molecule has 0 atom stereocenters. The van der Waals surface area contributed by atoms with Crippen molar-refractivity contribution in [1.82, 2.24) is 15.3 Å². The van der Waals surface area contributed by atoms with Crippen molar-refractivity contribution in [2.45, 2.75) is 6.42 Å².